The highest BCUT2D eigenvalue weighted by Crippen LogP contribution is 2.48. The first-order valence-electron chi connectivity index (χ1n) is 9.40. The SMILES string of the molecule is CC(C)C[C@H](NC(=O)C1(c2ccccc2)CC1)c1nc2ccccc2[nH]1. The molecule has 3 aromatic rings. The lowest BCUT2D eigenvalue weighted by Crippen LogP contribution is -2.38. The molecule has 2 N–H and O–H groups in total. The molecule has 134 valence electrons. The lowest BCUT2D eigenvalue weighted by Gasteiger charge is -2.23. The van der Waals surface area contributed by atoms with Crippen molar-refractivity contribution in [2.45, 2.75) is 44.6 Å². The molecule has 4 nitrogen and oxygen atoms in total. The van der Waals surface area contributed by atoms with E-state index in [-0.39, 0.29) is 17.4 Å². The minimum atomic E-state index is -0.359. The average Bonchev–Trinajstić information content (AvgIpc) is 3.34. The summed E-state index contributed by atoms with van der Waals surface area (Å²) < 4.78 is 0. The van der Waals surface area contributed by atoms with Crippen molar-refractivity contribution >= 4 is 16.9 Å². The van der Waals surface area contributed by atoms with Crippen molar-refractivity contribution in [3.63, 3.8) is 0 Å². The van der Waals surface area contributed by atoms with Gasteiger partial charge in [0.1, 0.15) is 5.82 Å². The van der Waals surface area contributed by atoms with Crippen molar-refractivity contribution in [2.24, 2.45) is 5.92 Å². The zero-order valence-corrected chi connectivity index (χ0v) is 15.3. The van der Waals surface area contributed by atoms with Gasteiger partial charge in [-0.05, 0) is 42.9 Å². The van der Waals surface area contributed by atoms with Crippen molar-refractivity contribution in [3.05, 3.63) is 66.0 Å². The van der Waals surface area contributed by atoms with Gasteiger partial charge in [0.15, 0.2) is 0 Å². The van der Waals surface area contributed by atoms with Crippen LogP contribution < -0.4 is 5.32 Å². The third kappa shape index (κ3) is 3.12. The summed E-state index contributed by atoms with van der Waals surface area (Å²) in [4.78, 5) is 21.3. The summed E-state index contributed by atoms with van der Waals surface area (Å²) in [5.74, 6) is 1.42. The fourth-order valence-electron chi connectivity index (χ4n) is 3.67. The first-order valence-corrected chi connectivity index (χ1v) is 9.40. The second-order valence-corrected chi connectivity index (χ2v) is 7.74. The van der Waals surface area contributed by atoms with E-state index in [4.69, 9.17) is 4.98 Å². The van der Waals surface area contributed by atoms with E-state index in [9.17, 15) is 4.79 Å². The highest BCUT2D eigenvalue weighted by atomic mass is 16.2. The van der Waals surface area contributed by atoms with Gasteiger partial charge in [0.2, 0.25) is 5.91 Å². The van der Waals surface area contributed by atoms with Crippen LogP contribution in [-0.2, 0) is 10.2 Å². The number of imidazole rings is 1. The molecule has 1 aliphatic carbocycles. The highest BCUT2D eigenvalue weighted by molar-refractivity contribution is 5.91. The maximum atomic E-state index is 13.2. The minimum Gasteiger partial charge on any atom is -0.345 e. The average molecular weight is 347 g/mol. The molecule has 0 unspecified atom stereocenters. The standard InChI is InChI=1S/C22H25N3O/c1-15(2)14-19(20-23-17-10-6-7-11-18(17)24-20)25-21(26)22(12-13-22)16-8-4-3-5-9-16/h3-11,15,19H,12-14H2,1-2H3,(H,23,24)(H,25,26)/t19-/m0/s1. The number of amides is 1. The molecule has 1 atom stereocenters. The van der Waals surface area contributed by atoms with Gasteiger partial charge in [-0.3, -0.25) is 4.79 Å². The number of carbonyl (C=O) groups excluding carboxylic acids is 1. The van der Waals surface area contributed by atoms with Crippen molar-refractivity contribution in [3.8, 4) is 0 Å². The number of fused-ring (bicyclic) bond motifs is 1. The number of aromatic nitrogens is 2. The number of rotatable bonds is 6. The first-order chi connectivity index (χ1) is 12.6. The lowest BCUT2D eigenvalue weighted by molar-refractivity contribution is -0.124. The molecule has 1 aromatic heterocycles. The normalized spacial score (nSPS) is 16.6. The molecule has 4 heteroatoms. The zero-order valence-electron chi connectivity index (χ0n) is 15.3. The van der Waals surface area contributed by atoms with Gasteiger partial charge in [-0.1, -0.05) is 56.3 Å². The van der Waals surface area contributed by atoms with Gasteiger partial charge >= 0.3 is 0 Å². The van der Waals surface area contributed by atoms with E-state index in [2.05, 4.69) is 36.3 Å². The van der Waals surface area contributed by atoms with Gasteiger partial charge in [-0.15, -0.1) is 0 Å². The van der Waals surface area contributed by atoms with Crippen LogP contribution in [0, 0.1) is 5.92 Å². The Hall–Kier alpha value is -2.62. The lowest BCUT2D eigenvalue weighted by atomic mass is 9.94. The Kier molecular flexibility index (Phi) is 4.27. The van der Waals surface area contributed by atoms with Gasteiger partial charge in [0, 0.05) is 0 Å². The molecule has 0 bridgehead atoms. The first kappa shape index (κ1) is 16.8. The van der Waals surface area contributed by atoms with Gasteiger partial charge in [0.05, 0.1) is 22.5 Å². The Morgan fingerprint density at radius 1 is 1.12 bits per heavy atom. The second kappa shape index (κ2) is 6.60. The van der Waals surface area contributed by atoms with Crippen LogP contribution in [-0.4, -0.2) is 15.9 Å². The maximum Gasteiger partial charge on any atom is 0.231 e. The Morgan fingerprint density at radius 2 is 1.81 bits per heavy atom. The van der Waals surface area contributed by atoms with E-state index in [1.807, 2.05) is 42.5 Å². The minimum absolute atomic E-state index is 0.101. The summed E-state index contributed by atoms with van der Waals surface area (Å²) in [6.45, 7) is 4.35. The second-order valence-electron chi connectivity index (χ2n) is 7.74. The Balaban J connectivity index is 1.60. The molecule has 1 heterocycles. The van der Waals surface area contributed by atoms with Gasteiger partial charge in [0.25, 0.3) is 0 Å². The van der Waals surface area contributed by atoms with E-state index in [1.54, 1.807) is 0 Å². The van der Waals surface area contributed by atoms with Crippen molar-refractivity contribution in [1.82, 2.24) is 15.3 Å². The van der Waals surface area contributed by atoms with E-state index in [0.717, 1.165) is 41.7 Å². The van der Waals surface area contributed by atoms with Crippen molar-refractivity contribution < 1.29 is 4.79 Å². The smallest absolute Gasteiger partial charge is 0.231 e. The molecule has 1 aliphatic rings. The molecular weight excluding hydrogens is 322 g/mol. The van der Waals surface area contributed by atoms with Gasteiger partial charge in [-0.2, -0.15) is 0 Å². The quantitative estimate of drug-likeness (QED) is 0.690. The molecule has 0 saturated heterocycles. The summed E-state index contributed by atoms with van der Waals surface area (Å²) in [5.41, 5.74) is 2.71. The van der Waals surface area contributed by atoms with Crippen LogP contribution in [0.1, 0.15) is 50.5 Å². The number of H-pyrrole nitrogens is 1. The number of benzene rings is 2. The molecule has 1 saturated carbocycles. The molecule has 0 aliphatic heterocycles. The number of carbonyl (C=O) groups is 1. The maximum absolute atomic E-state index is 13.2. The third-order valence-corrected chi connectivity index (χ3v) is 5.26. The summed E-state index contributed by atoms with van der Waals surface area (Å²) >= 11 is 0. The largest absolute Gasteiger partial charge is 0.345 e. The fourth-order valence-corrected chi connectivity index (χ4v) is 3.67. The molecule has 0 spiro atoms. The third-order valence-electron chi connectivity index (χ3n) is 5.26. The fraction of sp³-hybridized carbons (Fsp3) is 0.364. The van der Waals surface area contributed by atoms with Crippen molar-refractivity contribution in [1.29, 1.82) is 0 Å². The Labute approximate surface area is 154 Å². The molecule has 1 fully saturated rings. The van der Waals surface area contributed by atoms with E-state index in [0.29, 0.717) is 5.92 Å². The summed E-state index contributed by atoms with van der Waals surface area (Å²) in [6.07, 6.45) is 2.69. The van der Waals surface area contributed by atoms with Gasteiger partial charge in [-0.25, -0.2) is 4.98 Å². The topological polar surface area (TPSA) is 57.8 Å². The highest BCUT2D eigenvalue weighted by Gasteiger charge is 2.51. The van der Waals surface area contributed by atoms with Crippen LogP contribution in [0.15, 0.2) is 54.6 Å². The summed E-state index contributed by atoms with van der Waals surface area (Å²) in [5, 5.41) is 3.29. The van der Waals surface area contributed by atoms with Gasteiger partial charge < -0.3 is 10.3 Å². The Bertz CT molecular complexity index is 876. The van der Waals surface area contributed by atoms with Crippen molar-refractivity contribution in [2.75, 3.05) is 0 Å². The number of nitrogens with zero attached hydrogens (tertiary/aromatic N) is 1. The summed E-state index contributed by atoms with van der Waals surface area (Å²) in [7, 11) is 0. The Morgan fingerprint density at radius 3 is 2.46 bits per heavy atom. The summed E-state index contributed by atoms with van der Waals surface area (Å²) in [6, 6.07) is 18.0. The van der Waals surface area contributed by atoms with Crippen LogP contribution >= 0.6 is 0 Å². The number of nitrogens with one attached hydrogen (secondary N) is 2. The van der Waals surface area contributed by atoms with Crippen LogP contribution in [0.2, 0.25) is 0 Å². The van der Waals surface area contributed by atoms with E-state index < -0.39 is 0 Å². The molecule has 1 amide bonds. The number of hydrogen-bond acceptors (Lipinski definition) is 2. The molecule has 2 aromatic carbocycles. The molecule has 4 rings (SSSR count). The predicted octanol–water partition coefficient (Wildman–Crippen LogP) is 4.50. The monoisotopic (exact) mass is 347 g/mol. The predicted molar refractivity (Wildman–Crippen MR) is 104 cm³/mol. The molecule has 0 radical (unpaired) electrons. The number of aromatic amines is 1. The van der Waals surface area contributed by atoms with Crippen LogP contribution in [0.25, 0.3) is 11.0 Å². The zero-order chi connectivity index (χ0) is 18.1. The van der Waals surface area contributed by atoms with Crippen LogP contribution in [0.5, 0.6) is 0 Å². The van der Waals surface area contributed by atoms with Crippen LogP contribution in [0.4, 0.5) is 0 Å². The van der Waals surface area contributed by atoms with E-state index >= 15 is 0 Å². The van der Waals surface area contributed by atoms with E-state index in [1.165, 1.54) is 0 Å². The molecule has 26 heavy (non-hydrogen) atoms. The van der Waals surface area contributed by atoms with Crippen LogP contribution in [0.3, 0.4) is 0 Å². The number of para-hydroxylation sites is 2. The number of hydrogen-bond donors (Lipinski definition) is 2. The molecular formula is C22H25N3O.